The molecule has 0 aliphatic carbocycles. The van der Waals surface area contributed by atoms with Crippen molar-refractivity contribution in [3.05, 3.63) is 77.5 Å². The molecule has 3 aromatic heterocycles. The van der Waals surface area contributed by atoms with Gasteiger partial charge in [0.2, 0.25) is 0 Å². The van der Waals surface area contributed by atoms with E-state index in [9.17, 15) is 4.39 Å². The van der Waals surface area contributed by atoms with Crippen LogP contribution in [0.25, 0.3) is 11.1 Å². The molecule has 1 fully saturated rings. The van der Waals surface area contributed by atoms with Crippen molar-refractivity contribution in [2.24, 2.45) is 10.2 Å². The van der Waals surface area contributed by atoms with Crippen LogP contribution in [0.15, 0.2) is 65.6 Å². The van der Waals surface area contributed by atoms with E-state index in [4.69, 9.17) is 16.3 Å². The Morgan fingerprint density at radius 3 is 2.59 bits per heavy atom. The molecule has 37 heavy (non-hydrogen) atoms. The summed E-state index contributed by atoms with van der Waals surface area (Å²) in [5.74, 6) is -0.193. The van der Waals surface area contributed by atoms with Gasteiger partial charge in [-0.2, -0.15) is 10.1 Å². The normalized spacial score (nSPS) is 13.8. The number of hydrogen-bond acceptors (Lipinski definition) is 10. The second-order valence-electron chi connectivity index (χ2n) is 8.28. The molecule has 4 heterocycles. The third-order valence-corrected chi connectivity index (χ3v) is 5.99. The van der Waals surface area contributed by atoms with Gasteiger partial charge in [0.15, 0.2) is 11.6 Å². The molecule has 0 atom stereocenters. The van der Waals surface area contributed by atoms with Gasteiger partial charge in [-0.05, 0) is 42.3 Å². The van der Waals surface area contributed by atoms with Gasteiger partial charge >= 0.3 is 0 Å². The minimum Gasteiger partial charge on any atom is -0.378 e. The maximum Gasteiger partial charge on any atom is 0.270 e. The number of hydrogen-bond donors (Lipinski definition) is 1. The maximum atomic E-state index is 14.2. The van der Waals surface area contributed by atoms with Gasteiger partial charge in [-0.25, -0.2) is 19.3 Å². The van der Waals surface area contributed by atoms with Gasteiger partial charge < -0.3 is 15.0 Å². The number of anilines is 3. The fourth-order valence-corrected chi connectivity index (χ4v) is 4.13. The Hall–Kier alpha value is -4.09. The molecule has 188 valence electrons. The number of halogens is 2. The number of azo groups is 1. The van der Waals surface area contributed by atoms with E-state index in [1.807, 2.05) is 36.1 Å². The Morgan fingerprint density at radius 2 is 1.86 bits per heavy atom. The van der Waals surface area contributed by atoms with Gasteiger partial charge in [-0.1, -0.05) is 11.6 Å². The fraction of sp³-hybridized carbons (Fsp3) is 0.240. The van der Waals surface area contributed by atoms with E-state index in [-0.39, 0.29) is 18.3 Å². The number of nitrogens with one attached hydrogen (secondary N) is 1. The van der Waals surface area contributed by atoms with E-state index in [0.717, 1.165) is 34.3 Å². The molecule has 0 radical (unpaired) electrons. The average Bonchev–Trinajstić information content (AvgIpc) is 2.93. The zero-order chi connectivity index (χ0) is 25.6. The average molecular weight is 520 g/mol. The molecular formula is C25H23ClFN9O. The first-order chi connectivity index (χ1) is 18.1. The van der Waals surface area contributed by atoms with E-state index in [1.165, 1.54) is 6.33 Å². The van der Waals surface area contributed by atoms with E-state index >= 15 is 0 Å². The predicted molar refractivity (Wildman–Crippen MR) is 138 cm³/mol. The Bertz CT molecular complexity index is 1370. The second kappa shape index (κ2) is 11.3. The van der Waals surface area contributed by atoms with Crippen LogP contribution in [-0.4, -0.2) is 51.2 Å². The summed E-state index contributed by atoms with van der Waals surface area (Å²) < 4.78 is 19.5. The van der Waals surface area contributed by atoms with Gasteiger partial charge in [0.25, 0.3) is 5.95 Å². The molecule has 0 amide bonds. The lowest BCUT2D eigenvalue weighted by Crippen LogP contribution is -2.37. The van der Waals surface area contributed by atoms with Crippen molar-refractivity contribution in [3.8, 4) is 11.1 Å². The largest absolute Gasteiger partial charge is 0.378 e. The van der Waals surface area contributed by atoms with Gasteiger partial charge in [-0.3, -0.25) is 4.98 Å². The summed E-state index contributed by atoms with van der Waals surface area (Å²) in [7, 11) is 0. The van der Waals surface area contributed by atoms with Crippen LogP contribution in [0, 0.1) is 12.7 Å². The van der Waals surface area contributed by atoms with E-state index in [0.29, 0.717) is 37.0 Å². The number of nitrogens with zero attached hydrogens (tertiary/aromatic N) is 8. The number of ether oxygens (including phenoxy) is 1. The van der Waals surface area contributed by atoms with Crippen molar-refractivity contribution in [1.29, 1.82) is 0 Å². The highest BCUT2D eigenvalue weighted by Crippen LogP contribution is 2.33. The number of pyridine rings is 1. The highest BCUT2D eigenvalue weighted by Gasteiger charge is 2.17. The zero-order valence-corrected chi connectivity index (χ0v) is 20.7. The number of rotatable bonds is 7. The maximum absolute atomic E-state index is 14.2. The molecule has 1 aliphatic heterocycles. The van der Waals surface area contributed by atoms with Crippen molar-refractivity contribution < 1.29 is 9.13 Å². The molecule has 1 aromatic carbocycles. The summed E-state index contributed by atoms with van der Waals surface area (Å²) in [5.41, 5.74) is 5.07. The SMILES string of the molecule is Cc1cc(-c2cncnc2)cc(Cl)c1Nc1ccc(CN=Nc2ncc(F)c(N3CCOCC3)n2)nc1. The van der Waals surface area contributed by atoms with Gasteiger partial charge in [0, 0.05) is 31.0 Å². The Labute approximate surface area is 217 Å². The first-order valence-electron chi connectivity index (χ1n) is 11.6. The lowest BCUT2D eigenvalue weighted by Gasteiger charge is -2.27. The van der Waals surface area contributed by atoms with Crippen LogP contribution in [0.3, 0.4) is 0 Å². The predicted octanol–water partition coefficient (Wildman–Crippen LogP) is 5.29. The van der Waals surface area contributed by atoms with Gasteiger partial charge in [0.1, 0.15) is 12.9 Å². The highest BCUT2D eigenvalue weighted by molar-refractivity contribution is 6.33. The molecule has 5 rings (SSSR count). The first kappa shape index (κ1) is 24.6. The van der Waals surface area contributed by atoms with Crippen LogP contribution in [0.4, 0.5) is 27.5 Å². The minimum absolute atomic E-state index is 0.0943. The smallest absolute Gasteiger partial charge is 0.270 e. The van der Waals surface area contributed by atoms with Crippen LogP contribution in [-0.2, 0) is 11.3 Å². The van der Waals surface area contributed by atoms with Gasteiger partial charge in [-0.15, -0.1) is 5.11 Å². The van der Waals surface area contributed by atoms with Crippen LogP contribution >= 0.6 is 11.6 Å². The summed E-state index contributed by atoms with van der Waals surface area (Å²) in [6, 6.07) is 7.62. The molecule has 1 saturated heterocycles. The molecule has 0 saturated carbocycles. The van der Waals surface area contributed by atoms with Crippen molar-refractivity contribution in [2.75, 3.05) is 36.5 Å². The van der Waals surface area contributed by atoms with E-state index in [2.05, 4.69) is 40.5 Å². The first-order valence-corrected chi connectivity index (χ1v) is 11.9. The molecule has 1 aliphatic rings. The van der Waals surface area contributed by atoms with Crippen LogP contribution in [0.2, 0.25) is 5.02 Å². The number of morpholine rings is 1. The highest BCUT2D eigenvalue weighted by atomic mass is 35.5. The molecule has 4 aromatic rings. The van der Waals surface area contributed by atoms with Gasteiger partial charge in [0.05, 0.1) is 47.7 Å². The second-order valence-corrected chi connectivity index (χ2v) is 8.69. The lowest BCUT2D eigenvalue weighted by molar-refractivity contribution is 0.122. The van der Waals surface area contributed by atoms with Crippen LogP contribution in [0.1, 0.15) is 11.3 Å². The van der Waals surface area contributed by atoms with Crippen molar-refractivity contribution in [1.82, 2.24) is 24.9 Å². The van der Waals surface area contributed by atoms with Crippen molar-refractivity contribution in [2.45, 2.75) is 13.5 Å². The molecular weight excluding hydrogens is 497 g/mol. The molecule has 1 N–H and O–H groups in total. The number of benzene rings is 1. The summed E-state index contributed by atoms with van der Waals surface area (Å²) in [6.45, 7) is 4.37. The summed E-state index contributed by atoms with van der Waals surface area (Å²) in [4.78, 5) is 22.5. The van der Waals surface area contributed by atoms with Crippen LogP contribution < -0.4 is 10.2 Å². The summed E-state index contributed by atoms with van der Waals surface area (Å²) >= 11 is 6.57. The third kappa shape index (κ3) is 6.01. The summed E-state index contributed by atoms with van der Waals surface area (Å²) in [5, 5.41) is 12.1. The molecule has 0 bridgehead atoms. The van der Waals surface area contributed by atoms with Crippen molar-refractivity contribution >= 4 is 34.7 Å². The molecule has 0 spiro atoms. The number of aryl methyl sites for hydroxylation is 1. The molecule has 0 unspecified atom stereocenters. The molecule has 12 heteroatoms. The zero-order valence-electron chi connectivity index (χ0n) is 20.0. The molecule has 10 nitrogen and oxygen atoms in total. The van der Waals surface area contributed by atoms with E-state index in [1.54, 1.807) is 18.6 Å². The fourth-order valence-electron chi connectivity index (χ4n) is 3.82. The monoisotopic (exact) mass is 519 g/mol. The standard InChI is InChI=1S/C25H23ClFN9O/c1-16-8-17(18-10-28-15-29-11-18)9-21(26)23(16)33-20-3-2-19(30-12-20)13-32-35-25-31-14-22(27)24(34-25)36-4-6-37-7-5-36/h2-3,8-12,14-15,33H,4-7,13H2,1H3. The quantitative estimate of drug-likeness (QED) is 0.327. The lowest BCUT2D eigenvalue weighted by atomic mass is 10.0. The summed E-state index contributed by atoms with van der Waals surface area (Å²) in [6.07, 6.45) is 7.79. The third-order valence-electron chi connectivity index (χ3n) is 5.69. The van der Waals surface area contributed by atoms with E-state index < -0.39 is 5.82 Å². The van der Waals surface area contributed by atoms with Crippen molar-refractivity contribution in [3.63, 3.8) is 0 Å². The number of aromatic nitrogens is 5. The topological polar surface area (TPSA) is 114 Å². The minimum atomic E-state index is -0.496. The van der Waals surface area contributed by atoms with Crippen LogP contribution in [0.5, 0.6) is 0 Å². The Morgan fingerprint density at radius 1 is 1.05 bits per heavy atom. The Kier molecular flexibility index (Phi) is 7.52. The Balaban J connectivity index is 1.23.